The summed E-state index contributed by atoms with van der Waals surface area (Å²) in [4.78, 5) is 34.1. The van der Waals surface area contributed by atoms with Gasteiger partial charge in [-0.2, -0.15) is 5.10 Å². The molecule has 0 unspecified atom stereocenters. The van der Waals surface area contributed by atoms with Crippen molar-refractivity contribution in [1.29, 1.82) is 0 Å². The Balaban J connectivity index is 1.47. The number of rotatable bonds is 9. The Morgan fingerprint density at radius 2 is 1.97 bits per heavy atom. The normalized spacial score (nSPS) is 10.7. The molecule has 170 valence electrons. The predicted molar refractivity (Wildman–Crippen MR) is 121 cm³/mol. The Morgan fingerprint density at radius 3 is 2.73 bits per heavy atom. The number of amides is 2. The van der Waals surface area contributed by atoms with Gasteiger partial charge < -0.3 is 14.5 Å². The molecule has 0 saturated carbocycles. The first-order chi connectivity index (χ1) is 15.8. The molecule has 0 spiro atoms. The molecule has 0 saturated heterocycles. The summed E-state index contributed by atoms with van der Waals surface area (Å²) in [5.74, 6) is 0.165. The largest absolute Gasteiger partial charge is 0.484 e. The van der Waals surface area contributed by atoms with E-state index in [2.05, 4.69) is 15.8 Å². The third kappa shape index (κ3) is 6.65. The van der Waals surface area contributed by atoms with Crippen molar-refractivity contribution in [2.24, 2.45) is 5.10 Å². The Labute approximate surface area is 193 Å². The number of nitrogens with one attached hydrogen (secondary N) is 2. The quantitative estimate of drug-likeness (QED) is 0.279. The summed E-state index contributed by atoms with van der Waals surface area (Å²) in [5.41, 5.74) is 3.37. The van der Waals surface area contributed by atoms with Gasteiger partial charge in [0.25, 0.3) is 17.5 Å². The molecule has 11 heteroatoms. The molecular weight excluding hydrogens is 452 g/mol. The second-order valence-corrected chi connectivity index (χ2v) is 7.15. The minimum atomic E-state index is -0.552. The van der Waals surface area contributed by atoms with Crippen LogP contribution in [0.1, 0.15) is 11.3 Å². The van der Waals surface area contributed by atoms with Crippen LogP contribution in [-0.2, 0) is 9.59 Å². The van der Waals surface area contributed by atoms with Gasteiger partial charge in [-0.15, -0.1) is 0 Å². The van der Waals surface area contributed by atoms with Gasteiger partial charge in [0.05, 0.1) is 22.7 Å². The van der Waals surface area contributed by atoms with E-state index in [9.17, 15) is 19.7 Å². The van der Waals surface area contributed by atoms with Crippen molar-refractivity contribution in [2.75, 3.05) is 13.2 Å². The van der Waals surface area contributed by atoms with E-state index in [-0.39, 0.29) is 29.6 Å². The number of carbonyl (C=O) groups excluding carboxylic acids is 2. The lowest BCUT2D eigenvalue weighted by Gasteiger charge is -2.08. The molecule has 2 aromatic carbocycles. The molecular formula is C22H19ClN4O6. The number of nitrogens with zero attached hydrogens (tertiary/aromatic N) is 2. The standard InChI is InChI=1S/C22H19ClN4O6/c1-14-4-2-3-5-19(14)32-13-22(29)24-12-21(28)26-25-11-16-7-9-20(33-16)17-10-15(27(30)31)6-8-18(17)23/h2-11H,12-13H2,1H3,(H,24,29)(H,26,28)/b25-11+. The van der Waals surface area contributed by atoms with Gasteiger partial charge in [0, 0.05) is 17.7 Å². The number of nitro benzene ring substituents is 1. The van der Waals surface area contributed by atoms with Crippen LogP contribution in [0.15, 0.2) is 64.1 Å². The van der Waals surface area contributed by atoms with Crippen LogP contribution in [0.3, 0.4) is 0 Å². The number of ether oxygens (including phenoxy) is 1. The van der Waals surface area contributed by atoms with Gasteiger partial charge >= 0.3 is 0 Å². The van der Waals surface area contributed by atoms with Crippen molar-refractivity contribution >= 4 is 35.3 Å². The summed E-state index contributed by atoms with van der Waals surface area (Å²) in [6.07, 6.45) is 1.25. The zero-order chi connectivity index (χ0) is 23.8. The fraction of sp³-hybridized carbons (Fsp3) is 0.136. The van der Waals surface area contributed by atoms with Gasteiger partial charge in [-0.25, -0.2) is 5.43 Å². The first-order valence-electron chi connectivity index (χ1n) is 9.64. The number of benzene rings is 2. The highest BCUT2D eigenvalue weighted by molar-refractivity contribution is 6.33. The number of furan rings is 1. The number of para-hydroxylation sites is 1. The first kappa shape index (κ1) is 23.5. The molecule has 0 fully saturated rings. The minimum absolute atomic E-state index is 0.125. The Morgan fingerprint density at radius 1 is 1.18 bits per heavy atom. The van der Waals surface area contributed by atoms with E-state index in [0.717, 1.165) is 5.56 Å². The highest BCUT2D eigenvalue weighted by Gasteiger charge is 2.14. The molecule has 2 N–H and O–H groups in total. The molecule has 0 atom stereocenters. The number of non-ortho nitro benzene ring substituents is 1. The van der Waals surface area contributed by atoms with Crippen LogP contribution < -0.4 is 15.5 Å². The number of aryl methyl sites for hydroxylation is 1. The Kier molecular flexibility index (Phi) is 7.77. The number of halogens is 1. The van der Waals surface area contributed by atoms with Crippen molar-refractivity contribution in [3.8, 4) is 17.1 Å². The molecule has 2 amide bonds. The molecule has 0 radical (unpaired) electrons. The third-order valence-electron chi connectivity index (χ3n) is 4.33. The van der Waals surface area contributed by atoms with E-state index in [4.69, 9.17) is 20.8 Å². The van der Waals surface area contributed by atoms with Crippen LogP contribution in [0.25, 0.3) is 11.3 Å². The fourth-order valence-electron chi connectivity index (χ4n) is 2.68. The van der Waals surface area contributed by atoms with Gasteiger partial charge in [-0.3, -0.25) is 19.7 Å². The molecule has 0 aliphatic rings. The molecule has 0 aliphatic carbocycles. The molecule has 3 rings (SSSR count). The summed E-state index contributed by atoms with van der Waals surface area (Å²) < 4.78 is 11.0. The molecule has 1 heterocycles. The number of hydrogen-bond acceptors (Lipinski definition) is 7. The maximum absolute atomic E-state index is 11.8. The van der Waals surface area contributed by atoms with E-state index < -0.39 is 16.7 Å². The van der Waals surface area contributed by atoms with E-state index in [1.165, 1.54) is 24.4 Å². The van der Waals surface area contributed by atoms with E-state index in [1.807, 2.05) is 19.1 Å². The van der Waals surface area contributed by atoms with E-state index in [1.54, 1.807) is 24.3 Å². The van der Waals surface area contributed by atoms with Crippen LogP contribution in [0.2, 0.25) is 5.02 Å². The lowest BCUT2D eigenvalue weighted by atomic mass is 10.1. The van der Waals surface area contributed by atoms with Gasteiger partial charge in [0.15, 0.2) is 6.61 Å². The fourth-order valence-corrected chi connectivity index (χ4v) is 2.89. The van der Waals surface area contributed by atoms with Crippen molar-refractivity contribution in [1.82, 2.24) is 10.7 Å². The number of carbonyl (C=O) groups is 2. The Bertz CT molecular complexity index is 1210. The predicted octanol–water partition coefficient (Wildman–Crippen LogP) is 3.46. The number of hydrazone groups is 1. The zero-order valence-corrected chi connectivity index (χ0v) is 18.2. The molecule has 0 aliphatic heterocycles. The first-order valence-corrected chi connectivity index (χ1v) is 10.0. The maximum Gasteiger partial charge on any atom is 0.270 e. The SMILES string of the molecule is Cc1ccccc1OCC(=O)NCC(=O)N/N=C/c1ccc(-c2cc([N+](=O)[O-])ccc2Cl)o1. The summed E-state index contributed by atoms with van der Waals surface area (Å²) in [6.45, 7) is 1.34. The Hall–Kier alpha value is -4.18. The highest BCUT2D eigenvalue weighted by atomic mass is 35.5. The van der Waals surface area contributed by atoms with Crippen molar-refractivity contribution in [3.05, 3.63) is 81.1 Å². The summed E-state index contributed by atoms with van der Waals surface area (Å²) in [7, 11) is 0. The second-order valence-electron chi connectivity index (χ2n) is 6.75. The van der Waals surface area contributed by atoms with Crippen molar-refractivity contribution in [3.63, 3.8) is 0 Å². The average Bonchev–Trinajstić information content (AvgIpc) is 3.26. The number of hydrogen-bond donors (Lipinski definition) is 2. The lowest BCUT2D eigenvalue weighted by molar-refractivity contribution is -0.384. The monoisotopic (exact) mass is 470 g/mol. The lowest BCUT2D eigenvalue weighted by Crippen LogP contribution is -2.37. The minimum Gasteiger partial charge on any atom is -0.484 e. The summed E-state index contributed by atoms with van der Waals surface area (Å²) in [5, 5.41) is 17.4. The molecule has 1 aromatic heterocycles. The molecule has 10 nitrogen and oxygen atoms in total. The van der Waals surface area contributed by atoms with Gasteiger partial charge in [0.2, 0.25) is 0 Å². The third-order valence-corrected chi connectivity index (χ3v) is 4.66. The van der Waals surface area contributed by atoms with Crippen LogP contribution in [0.5, 0.6) is 5.75 Å². The topological polar surface area (TPSA) is 136 Å². The van der Waals surface area contributed by atoms with E-state index >= 15 is 0 Å². The molecule has 33 heavy (non-hydrogen) atoms. The highest BCUT2D eigenvalue weighted by Crippen LogP contribution is 2.32. The zero-order valence-electron chi connectivity index (χ0n) is 17.4. The van der Waals surface area contributed by atoms with Gasteiger partial charge in [-0.1, -0.05) is 29.8 Å². The molecule has 0 bridgehead atoms. The summed E-state index contributed by atoms with van der Waals surface area (Å²) in [6, 6.07) is 14.4. The van der Waals surface area contributed by atoms with Gasteiger partial charge in [0.1, 0.15) is 17.3 Å². The van der Waals surface area contributed by atoms with Crippen LogP contribution in [0, 0.1) is 17.0 Å². The van der Waals surface area contributed by atoms with Gasteiger partial charge in [-0.05, 0) is 36.8 Å². The average molecular weight is 471 g/mol. The van der Waals surface area contributed by atoms with Crippen LogP contribution >= 0.6 is 11.6 Å². The van der Waals surface area contributed by atoms with Crippen molar-refractivity contribution in [2.45, 2.75) is 6.92 Å². The van der Waals surface area contributed by atoms with Crippen LogP contribution in [-0.4, -0.2) is 36.1 Å². The number of nitro groups is 1. The van der Waals surface area contributed by atoms with Crippen LogP contribution in [0.4, 0.5) is 5.69 Å². The van der Waals surface area contributed by atoms with Crippen molar-refractivity contribution < 1.29 is 23.7 Å². The summed E-state index contributed by atoms with van der Waals surface area (Å²) >= 11 is 6.10. The second kappa shape index (κ2) is 10.9. The van der Waals surface area contributed by atoms with E-state index in [0.29, 0.717) is 17.1 Å². The molecule has 3 aromatic rings. The maximum atomic E-state index is 11.8. The smallest absolute Gasteiger partial charge is 0.270 e.